The summed E-state index contributed by atoms with van der Waals surface area (Å²) in [6, 6.07) is 12.1. The number of carbonyl (C=O) groups is 2. The summed E-state index contributed by atoms with van der Waals surface area (Å²) in [5.41, 5.74) is -3.23. The predicted molar refractivity (Wildman–Crippen MR) is 142 cm³/mol. The van der Waals surface area contributed by atoms with Crippen molar-refractivity contribution in [2.24, 2.45) is 0 Å². The van der Waals surface area contributed by atoms with Crippen LogP contribution in [0.2, 0.25) is 0 Å². The number of benzene rings is 2. The molecule has 0 aliphatic heterocycles. The number of carbonyl (C=O) groups excluding carboxylic acids is 2. The largest absolute Gasteiger partial charge is 0.404 e. The van der Waals surface area contributed by atoms with Gasteiger partial charge in [0.15, 0.2) is 0 Å². The average Bonchev–Trinajstić information content (AvgIpc) is 2.93. The Bertz CT molecular complexity index is 1200. The van der Waals surface area contributed by atoms with Crippen LogP contribution in [-0.4, -0.2) is 37.1 Å². The lowest BCUT2D eigenvalue weighted by molar-refractivity contribution is -0.123. The van der Waals surface area contributed by atoms with Crippen molar-refractivity contribution < 1.29 is 32.0 Å². The van der Waals surface area contributed by atoms with Gasteiger partial charge in [-0.25, -0.2) is 0 Å². The van der Waals surface area contributed by atoms with Gasteiger partial charge < -0.3 is 19.7 Å². The van der Waals surface area contributed by atoms with Gasteiger partial charge in [0.1, 0.15) is 6.04 Å². The molecule has 0 bridgehead atoms. The zero-order chi connectivity index (χ0) is 28.5. The summed E-state index contributed by atoms with van der Waals surface area (Å²) in [5, 5.41) is 14.7. The number of hydrogen-bond acceptors (Lipinski definition) is 6. The Balaban J connectivity index is 1.81. The maximum atomic E-state index is 15.1. The summed E-state index contributed by atoms with van der Waals surface area (Å²) in [7, 11) is -4.76. The lowest BCUT2D eigenvalue weighted by Gasteiger charge is -2.27. The van der Waals surface area contributed by atoms with E-state index in [1.54, 1.807) is 0 Å². The van der Waals surface area contributed by atoms with E-state index in [-0.39, 0.29) is 37.1 Å². The van der Waals surface area contributed by atoms with Gasteiger partial charge in [-0.3, -0.25) is 14.2 Å². The molecule has 2 amide bonds. The fourth-order valence-corrected chi connectivity index (χ4v) is 6.01. The highest BCUT2D eigenvalue weighted by Gasteiger charge is 2.54. The third kappa shape index (κ3) is 7.72. The molecular weight excluding hydrogens is 527 g/mol. The van der Waals surface area contributed by atoms with Crippen LogP contribution in [0.25, 0.3) is 0 Å². The first-order valence-corrected chi connectivity index (χ1v) is 14.7. The summed E-state index contributed by atoms with van der Waals surface area (Å²) < 4.78 is 52.7. The Morgan fingerprint density at radius 2 is 1.62 bits per heavy atom. The number of nitrogens with zero attached hydrogens (tertiary/aromatic N) is 1. The standard InChI is InChI=1S/C28H34F2N3O5P/c1-3-37-39(36,38-4-2)28(29,30)23-16-12-20(13-17-23)18-25(27(35)32-24-8-6-5-7-9-24)33-26(34)22-14-10-21(19-31)11-15-22/h10-17,24-25H,3-9,18H2,1-2H3,(H,32,35)(H,33,34). The van der Waals surface area contributed by atoms with Crippen LogP contribution in [-0.2, 0) is 30.5 Å². The van der Waals surface area contributed by atoms with Crippen LogP contribution < -0.4 is 10.6 Å². The van der Waals surface area contributed by atoms with Crippen LogP contribution in [0.15, 0.2) is 48.5 Å². The Morgan fingerprint density at radius 1 is 1.03 bits per heavy atom. The molecule has 2 aromatic carbocycles. The van der Waals surface area contributed by atoms with E-state index < -0.39 is 30.8 Å². The lowest BCUT2D eigenvalue weighted by Crippen LogP contribution is -2.51. The minimum absolute atomic E-state index is 0.00732. The van der Waals surface area contributed by atoms with Gasteiger partial charge in [0, 0.05) is 23.6 Å². The third-order valence-corrected chi connectivity index (χ3v) is 8.68. The molecule has 0 saturated heterocycles. The molecule has 3 rings (SSSR count). The highest BCUT2D eigenvalue weighted by Crippen LogP contribution is 2.66. The first-order valence-electron chi connectivity index (χ1n) is 13.1. The summed E-state index contributed by atoms with van der Waals surface area (Å²) in [6.07, 6.45) is 4.88. The van der Waals surface area contributed by atoms with Crippen LogP contribution in [0, 0.1) is 11.3 Å². The second-order valence-electron chi connectivity index (χ2n) is 9.33. The fourth-order valence-electron chi connectivity index (χ4n) is 4.47. The van der Waals surface area contributed by atoms with Crippen molar-refractivity contribution in [3.8, 4) is 6.07 Å². The third-order valence-electron chi connectivity index (χ3n) is 6.53. The molecule has 2 N–H and O–H groups in total. The topological polar surface area (TPSA) is 118 Å². The van der Waals surface area contributed by atoms with E-state index in [1.165, 1.54) is 50.2 Å². The Hall–Kier alpha value is -3.12. The maximum absolute atomic E-state index is 15.1. The molecule has 1 atom stereocenters. The fraction of sp³-hybridized carbons (Fsp3) is 0.464. The van der Waals surface area contributed by atoms with Gasteiger partial charge in [-0.2, -0.15) is 14.0 Å². The minimum atomic E-state index is -4.76. The van der Waals surface area contributed by atoms with Crippen LogP contribution in [0.5, 0.6) is 0 Å². The molecule has 11 heteroatoms. The molecule has 0 spiro atoms. The summed E-state index contributed by atoms with van der Waals surface area (Å²) in [4.78, 5) is 26.2. The monoisotopic (exact) mass is 561 g/mol. The van der Waals surface area contributed by atoms with E-state index in [0.29, 0.717) is 11.1 Å². The highest BCUT2D eigenvalue weighted by atomic mass is 31.2. The molecule has 1 aliphatic rings. The van der Waals surface area contributed by atoms with Crippen LogP contribution >= 0.6 is 7.60 Å². The van der Waals surface area contributed by atoms with Crippen molar-refractivity contribution in [1.29, 1.82) is 5.26 Å². The molecule has 0 heterocycles. The van der Waals surface area contributed by atoms with Crippen molar-refractivity contribution in [1.82, 2.24) is 10.6 Å². The SMILES string of the molecule is CCOP(=O)(OCC)C(F)(F)c1ccc(CC(NC(=O)c2ccc(C#N)cc2)C(=O)NC2CCCCC2)cc1. The molecule has 1 unspecified atom stereocenters. The van der Waals surface area contributed by atoms with Crippen molar-refractivity contribution in [2.75, 3.05) is 13.2 Å². The molecule has 0 radical (unpaired) electrons. The molecule has 8 nitrogen and oxygen atoms in total. The summed E-state index contributed by atoms with van der Waals surface area (Å²) >= 11 is 0. The maximum Gasteiger partial charge on any atom is 0.404 e. The van der Waals surface area contributed by atoms with Gasteiger partial charge in [-0.1, -0.05) is 43.5 Å². The molecule has 1 aliphatic carbocycles. The highest BCUT2D eigenvalue weighted by molar-refractivity contribution is 7.54. The van der Waals surface area contributed by atoms with Gasteiger partial charge >= 0.3 is 13.3 Å². The quantitative estimate of drug-likeness (QED) is 0.323. The summed E-state index contributed by atoms with van der Waals surface area (Å²) in [6.45, 7) is 2.49. The number of alkyl halides is 2. The van der Waals surface area contributed by atoms with Gasteiger partial charge in [0.25, 0.3) is 5.91 Å². The Morgan fingerprint density at radius 3 is 2.15 bits per heavy atom. The molecular formula is C28H34F2N3O5P. The molecule has 39 heavy (non-hydrogen) atoms. The molecule has 1 fully saturated rings. The number of nitrogens with one attached hydrogen (secondary N) is 2. The van der Waals surface area contributed by atoms with E-state index in [2.05, 4.69) is 10.6 Å². The van der Waals surface area contributed by atoms with E-state index in [4.69, 9.17) is 14.3 Å². The smallest absolute Gasteiger partial charge is 0.352 e. The Kier molecular flexibility index (Phi) is 10.8. The van der Waals surface area contributed by atoms with E-state index >= 15 is 8.78 Å². The molecule has 2 aromatic rings. The predicted octanol–water partition coefficient (Wildman–Crippen LogP) is 5.66. The normalized spacial score (nSPS) is 15.3. The average molecular weight is 562 g/mol. The Labute approximate surface area is 227 Å². The van der Waals surface area contributed by atoms with Gasteiger partial charge in [0.2, 0.25) is 5.91 Å². The second kappa shape index (κ2) is 13.8. The van der Waals surface area contributed by atoms with Gasteiger partial charge in [-0.15, -0.1) is 0 Å². The van der Waals surface area contributed by atoms with Crippen molar-refractivity contribution in [3.63, 3.8) is 0 Å². The van der Waals surface area contributed by atoms with Crippen molar-refractivity contribution in [3.05, 3.63) is 70.8 Å². The number of amides is 2. The molecule has 1 saturated carbocycles. The zero-order valence-corrected chi connectivity index (χ0v) is 23.0. The second-order valence-corrected chi connectivity index (χ2v) is 11.4. The van der Waals surface area contributed by atoms with Crippen LogP contribution in [0.3, 0.4) is 0 Å². The number of hydrogen-bond donors (Lipinski definition) is 2. The van der Waals surface area contributed by atoms with Gasteiger partial charge in [-0.05, 0) is 56.5 Å². The first-order chi connectivity index (χ1) is 18.6. The molecule has 210 valence electrons. The van der Waals surface area contributed by atoms with Crippen LogP contribution in [0.1, 0.15) is 73.0 Å². The summed E-state index contributed by atoms with van der Waals surface area (Å²) in [5.74, 6) is -0.865. The van der Waals surface area contributed by atoms with E-state index in [1.807, 2.05) is 6.07 Å². The first kappa shape index (κ1) is 30.4. The number of rotatable bonds is 12. The lowest BCUT2D eigenvalue weighted by atomic mass is 9.95. The number of halogens is 2. The van der Waals surface area contributed by atoms with Crippen molar-refractivity contribution >= 4 is 19.4 Å². The number of nitriles is 1. The van der Waals surface area contributed by atoms with Crippen molar-refractivity contribution in [2.45, 2.75) is 70.1 Å². The van der Waals surface area contributed by atoms with E-state index in [9.17, 15) is 14.2 Å². The minimum Gasteiger partial charge on any atom is -0.352 e. The van der Waals surface area contributed by atoms with E-state index in [0.717, 1.165) is 44.2 Å². The molecule has 0 aromatic heterocycles. The zero-order valence-electron chi connectivity index (χ0n) is 22.1. The van der Waals surface area contributed by atoms with Gasteiger partial charge in [0.05, 0.1) is 24.8 Å². The van der Waals surface area contributed by atoms with Crippen LogP contribution in [0.4, 0.5) is 8.78 Å².